The molecular formula is C16H27IN4O2S. The number of aromatic nitrogens is 1. The van der Waals surface area contributed by atoms with Gasteiger partial charge in [0, 0.05) is 50.8 Å². The van der Waals surface area contributed by atoms with E-state index in [1.807, 2.05) is 13.2 Å². The lowest BCUT2D eigenvalue weighted by molar-refractivity contribution is -0.0816. The van der Waals surface area contributed by atoms with Crippen LogP contribution in [0.5, 0.6) is 0 Å². The maximum absolute atomic E-state index is 5.91. The molecule has 2 atom stereocenters. The van der Waals surface area contributed by atoms with Crippen LogP contribution in [0.1, 0.15) is 22.7 Å². The first-order chi connectivity index (χ1) is 11.3. The van der Waals surface area contributed by atoms with Gasteiger partial charge in [-0.25, -0.2) is 4.98 Å². The minimum atomic E-state index is 0. The van der Waals surface area contributed by atoms with E-state index in [2.05, 4.69) is 27.1 Å². The van der Waals surface area contributed by atoms with Gasteiger partial charge in [0.05, 0.1) is 17.7 Å². The lowest BCUT2D eigenvalue weighted by Crippen LogP contribution is -2.53. The molecule has 2 aliphatic rings. The van der Waals surface area contributed by atoms with Crippen LogP contribution in [-0.2, 0) is 15.9 Å². The first-order valence-corrected chi connectivity index (χ1v) is 9.18. The first kappa shape index (κ1) is 19.9. The number of guanidine groups is 1. The molecule has 1 N–H and O–H groups in total. The van der Waals surface area contributed by atoms with Crippen LogP contribution in [0.3, 0.4) is 0 Å². The molecule has 2 unspecified atom stereocenters. The molecule has 0 saturated carbocycles. The average molecular weight is 466 g/mol. The number of morpholine rings is 1. The van der Waals surface area contributed by atoms with E-state index in [9.17, 15) is 0 Å². The number of thiazole rings is 1. The summed E-state index contributed by atoms with van der Waals surface area (Å²) < 4.78 is 11.7. The summed E-state index contributed by atoms with van der Waals surface area (Å²) in [5.41, 5.74) is 0. The van der Waals surface area contributed by atoms with E-state index < -0.39 is 0 Å². The Morgan fingerprint density at radius 2 is 2.25 bits per heavy atom. The number of nitrogens with zero attached hydrogens (tertiary/aromatic N) is 3. The summed E-state index contributed by atoms with van der Waals surface area (Å²) >= 11 is 1.76. The molecule has 6 nitrogen and oxygen atoms in total. The average Bonchev–Trinajstić information content (AvgIpc) is 3.23. The summed E-state index contributed by atoms with van der Waals surface area (Å²) in [5.74, 6) is 0.949. The van der Waals surface area contributed by atoms with Gasteiger partial charge in [0.15, 0.2) is 5.96 Å². The van der Waals surface area contributed by atoms with Gasteiger partial charge in [-0.05, 0) is 19.8 Å². The highest BCUT2D eigenvalue weighted by atomic mass is 127. The standard InChI is InChI=1S/C16H26N4O2S.HI/c1-12-10-19-15(23-12)5-6-18-16(17-2)20-7-9-22-14(11-20)13-4-3-8-21-13;/h10,13-14H,3-9,11H2,1-2H3,(H,17,18);1H. The van der Waals surface area contributed by atoms with E-state index in [4.69, 9.17) is 9.47 Å². The molecule has 3 rings (SSSR count). The van der Waals surface area contributed by atoms with Crippen LogP contribution in [-0.4, -0.2) is 67.9 Å². The molecule has 0 aliphatic carbocycles. The molecule has 0 radical (unpaired) electrons. The van der Waals surface area contributed by atoms with Gasteiger partial charge in [-0.15, -0.1) is 35.3 Å². The van der Waals surface area contributed by atoms with E-state index in [1.54, 1.807) is 11.3 Å². The zero-order chi connectivity index (χ0) is 16.1. The Bertz CT molecular complexity index is 534. The van der Waals surface area contributed by atoms with Crippen molar-refractivity contribution in [2.45, 2.75) is 38.4 Å². The quantitative estimate of drug-likeness (QED) is 0.419. The zero-order valence-electron chi connectivity index (χ0n) is 14.4. The van der Waals surface area contributed by atoms with Gasteiger partial charge in [0.25, 0.3) is 0 Å². The van der Waals surface area contributed by atoms with Crippen molar-refractivity contribution >= 4 is 41.3 Å². The minimum Gasteiger partial charge on any atom is -0.375 e. The summed E-state index contributed by atoms with van der Waals surface area (Å²) in [6, 6.07) is 0. The molecule has 0 amide bonds. The van der Waals surface area contributed by atoms with Gasteiger partial charge in [-0.3, -0.25) is 4.99 Å². The predicted molar refractivity (Wildman–Crippen MR) is 108 cm³/mol. The van der Waals surface area contributed by atoms with E-state index in [0.717, 1.165) is 58.1 Å². The van der Waals surface area contributed by atoms with Gasteiger partial charge >= 0.3 is 0 Å². The second-order valence-corrected chi connectivity index (χ2v) is 7.31. The SMILES string of the molecule is CN=C(NCCc1ncc(C)s1)N1CCOC(C2CCCO2)C1.I. The fourth-order valence-corrected chi connectivity index (χ4v) is 3.91. The zero-order valence-corrected chi connectivity index (χ0v) is 17.5. The van der Waals surface area contributed by atoms with Crippen molar-refractivity contribution < 1.29 is 9.47 Å². The van der Waals surface area contributed by atoms with E-state index in [0.29, 0.717) is 0 Å². The number of hydrogen-bond donors (Lipinski definition) is 1. The summed E-state index contributed by atoms with van der Waals surface area (Å²) in [6.45, 7) is 6.26. The highest BCUT2D eigenvalue weighted by molar-refractivity contribution is 14.0. The van der Waals surface area contributed by atoms with Gasteiger partial charge in [0.1, 0.15) is 6.10 Å². The number of nitrogens with one attached hydrogen (secondary N) is 1. The summed E-state index contributed by atoms with van der Waals surface area (Å²) in [4.78, 5) is 12.4. The topological polar surface area (TPSA) is 59.0 Å². The normalized spacial score (nSPS) is 24.8. The van der Waals surface area contributed by atoms with Crippen LogP contribution in [0.2, 0.25) is 0 Å². The Balaban J connectivity index is 0.00000208. The van der Waals surface area contributed by atoms with Gasteiger partial charge in [0.2, 0.25) is 0 Å². The van der Waals surface area contributed by atoms with E-state index in [1.165, 1.54) is 9.88 Å². The monoisotopic (exact) mass is 466 g/mol. The summed E-state index contributed by atoms with van der Waals surface area (Å²) in [7, 11) is 1.84. The van der Waals surface area contributed by atoms with Gasteiger partial charge in [-0.1, -0.05) is 0 Å². The maximum Gasteiger partial charge on any atom is 0.193 e. The number of hydrogen-bond acceptors (Lipinski definition) is 5. The molecule has 1 aromatic heterocycles. The van der Waals surface area contributed by atoms with E-state index >= 15 is 0 Å². The van der Waals surface area contributed by atoms with Crippen LogP contribution in [0.25, 0.3) is 0 Å². The number of aliphatic imine (C=N–C) groups is 1. The van der Waals surface area contributed by atoms with Gasteiger partial charge < -0.3 is 19.7 Å². The van der Waals surface area contributed by atoms with Crippen molar-refractivity contribution in [2.24, 2.45) is 4.99 Å². The third-order valence-electron chi connectivity index (χ3n) is 4.28. The molecule has 8 heteroatoms. The second kappa shape index (κ2) is 9.88. The molecular weight excluding hydrogens is 439 g/mol. The highest BCUT2D eigenvalue weighted by Crippen LogP contribution is 2.21. The summed E-state index contributed by atoms with van der Waals surface area (Å²) in [6.07, 6.45) is 5.51. The molecule has 0 aromatic carbocycles. The molecule has 24 heavy (non-hydrogen) atoms. The minimum absolute atomic E-state index is 0. The van der Waals surface area contributed by atoms with Crippen molar-refractivity contribution in [1.82, 2.24) is 15.2 Å². The van der Waals surface area contributed by atoms with E-state index in [-0.39, 0.29) is 36.2 Å². The van der Waals surface area contributed by atoms with Crippen LogP contribution in [0, 0.1) is 6.92 Å². The Morgan fingerprint density at radius 3 is 2.92 bits per heavy atom. The first-order valence-electron chi connectivity index (χ1n) is 8.36. The Labute approximate surface area is 165 Å². The van der Waals surface area contributed by atoms with Crippen LogP contribution < -0.4 is 5.32 Å². The molecule has 2 aliphatic heterocycles. The Morgan fingerprint density at radius 1 is 1.42 bits per heavy atom. The largest absolute Gasteiger partial charge is 0.375 e. The molecule has 1 aromatic rings. The Hall–Kier alpha value is -0.450. The number of rotatable bonds is 4. The van der Waals surface area contributed by atoms with Gasteiger partial charge in [-0.2, -0.15) is 0 Å². The third kappa shape index (κ3) is 5.27. The molecule has 0 bridgehead atoms. The lowest BCUT2D eigenvalue weighted by atomic mass is 10.1. The lowest BCUT2D eigenvalue weighted by Gasteiger charge is -2.37. The predicted octanol–water partition coefficient (Wildman–Crippen LogP) is 2.07. The number of ether oxygens (including phenoxy) is 2. The molecule has 3 heterocycles. The second-order valence-electron chi connectivity index (χ2n) is 6.00. The fraction of sp³-hybridized carbons (Fsp3) is 0.750. The molecule has 136 valence electrons. The number of aryl methyl sites for hydroxylation is 1. The maximum atomic E-state index is 5.91. The highest BCUT2D eigenvalue weighted by Gasteiger charge is 2.32. The van der Waals surface area contributed by atoms with Crippen LogP contribution >= 0.6 is 35.3 Å². The molecule has 2 saturated heterocycles. The van der Waals surface area contributed by atoms with Crippen LogP contribution in [0.15, 0.2) is 11.2 Å². The Kier molecular flexibility index (Phi) is 8.18. The van der Waals surface area contributed by atoms with Crippen molar-refractivity contribution in [2.75, 3.05) is 39.9 Å². The third-order valence-corrected chi connectivity index (χ3v) is 5.25. The van der Waals surface area contributed by atoms with Crippen molar-refractivity contribution in [3.8, 4) is 0 Å². The van der Waals surface area contributed by atoms with Crippen LogP contribution in [0.4, 0.5) is 0 Å². The van der Waals surface area contributed by atoms with Crippen molar-refractivity contribution in [1.29, 1.82) is 0 Å². The van der Waals surface area contributed by atoms with Crippen molar-refractivity contribution in [3.63, 3.8) is 0 Å². The number of halogens is 1. The molecule has 0 spiro atoms. The fourth-order valence-electron chi connectivity index (χ4n) is 3.12. The summed E-state index contributed by atoms with van der Waals surface area (Å²) in [5, 5.41) is 4.63. The smallest absolute Gasteiger partial charge is 0.193 e. The molecule has 2 fully saturated rings. The van der Waals surface area contributed by atoms with Crippen molar-refractivity contribution in [3.05, 3.63) is 16.1 Å².